The summed E-state index contributed by atoms with van der Waals surface area (Å²) in [5, 5.41) is 0. The van der Waals surface area contributed by atoms with Crippen LogP contribution < -0.4 is 0 Å². The van der Waals surface area contributed by atoms with Crippen LogP contribution in [0.1, 0.15) is 303 Å². The monoisotopic (exact) mass is 1070 g/mol. The third kappa shape index (κ3) is 62.8. The van der Waals surface area contributed by atoms with Gasteiger partial charge < -0.3 is 14.2 Å². The summed E-state index contributed by atoms with van der Waals surface area (Å²) in [5.74, 6) is -1.000. The molecule has 1 unspecified atom stereocenters. The van der Waals surface area contributed by atoms with Crippen LogP contribution in [0.5, 0.6) is 0 Å². The highest BCUT2D eigenvalue weighted by Crippen LogP contribution is 2.16. The number of rotatable bonds is 58. The van der Waals surface area contributed by atoms with E-state index in [0.717, 1.165) is 103 Å². The Bertz CT molecular complexity index is 1560. The van der Waals surface area contributed by atoms with Gasteiger partial charge in [0.05, 0.1) is 0 Å². The van der Waals surface area contributed by atoms with Crippen LogP contribution in [0, 0.1) is 0 Å². The highest BCUT2D eigenvalue weighted by Gasteiger charge is 2.19. The molecule has 77 heavy (non-hydrogen) atoms. The predicted molar refractivity (Wildman–Crippen MR) is 334 cm³/mol. The SMILES string of the molecule is CC/C=C\C/C=C\C/C=C\C/C=C\C/C=C\C/C=C\CCC(=O)OC(COC(=O)CCCCCCCC/C=C\C/C=C\C/C=C\CCCCCCC)COC(=O)CCCCCCCCCCCCCCCCCCCCC. The van der Waals surface area contributed by atoms with Crippen molar-refractivity contribution in [3.8, 4) is 0 Å². The number of hydrogen-bond donors (Lipinski definition) is 0. The minimum atomic E-state index is -0.826. The third-order valence-corrected chi connectivity index (χ3v) is 13.8. The summed E-state index contributed by atoms with van der Waals surface area (Å²) in [4.78, 5) is 38.3. The van der Waals surface area contributed by atoms with E-state index in [-0.39, 0.29) is 31.6 Å². The molecule has 0 rings (SSSR count). The molecule has 0 saturated heterocycles. The minimum absolute atomic E-state index is 0.111. The second kappa shape index (κ2) is 64.6. The number of carbonyl (C=O) groups excluding carboxylic acids is 3. The molecule has 0 saturated carbocycles. The number of unbranched alkanes of at least 4 members (excludes halogenated alkanes) is 29. The topological polar surface area (TPSA) is 78.9 Å². The molecule has 6 heteroatoms. The average Bonchev–Trinajstić information content (AvgIpc) is 3.43. The Morgan fingerprint density at radius 2 is 0.532 bits per heavy atom. The Balaban J connectivity index is 4.50. The summed E-state index contributed by atoms with van der Waals surface area (Å²) in [7, 11) is 0. The molecule has 0 aromatic carbocycles. The summed E-state index contributed by atoms with van der Waals surface area (Å²) >= 11 is 0. The van der Waals surface area contributed by atoms with Crippen molar-refractivity contribution in [2.24, 2.45) is 0 Å². The fourth-order valence-electron chi connectivity index (χ4n) is 8.95. The lowest BCUT2D eigenvalue weighted by Gasteiger charge is -2.18. The van der Waals surface area contributed by atoms with E-state index in [2.05, 4.69) is 124 Å². The number of carbonyl (C=O) groups is 3. The normalized spacial score (nSPS) is 12.8. The zero-order valence-corrected chi connectivity index (χ0v) is 50.4. The zero-order valence-electron chi connectivity index (χ0n) is 50.4. The van der Waals surface area contributed by atoms with Crippen molar-refractivity contribution in [1.82, 2.24) is 0 Å². The lowest BCUT2D eigenvalue weighted by atomic mass is 10.0. The van der Waals surface area contributed by atoms with E-state index >= 15 is 0 Å². The molecule has 0 N–H and O–H groups in total. The maximum atomic E-state index is 12.9. The van der Waals surface area contributed by atoms with E-state index in [1.165, 1.54) is 154 Å². The number of allylic oxidation sites excluding steroid dienone is 18. The van der Waals surface area contributed by atoms with Gasteiger partial charge in [-0.25, -0.2) is 0 Å². The summed E-state index contributed by atoms with van der Waals surface area (Å²) in [6.07, 6.45) is 88.2. The van der Waals surface area contributed by atoms with Crippen LogP contribution >= 0.6 is 0 Å². The first-order chi connectivity index (χ1) is 38.0. The minimum Gasteiger partial charge on any atom is -0.462 e. The van der Waals surface area contributed by atoms with Gasteiger partial charge in [-0.1, -0.05) is 297 Å². The van der Waals surface area contributed by atoms with Gasteiger partial charge in [0, 0.05) is 19.3 Å². The Kier molecular flexibility index (Phi) is 61.3. The molecule has 0 aliphatic heterocycles. The van der Waals surface area contributed by atoms with Gasteiger partial charge in [-0.15, -0.1) is 0 Å². The van der Waals surface area contributed by atoms with Gasteiger partial charge in [-0.05, 0) is 96.3 Å². The lowest BCUT2D eigenvalue weighted by Crippen LogP contribution is -2.30. The second-order valence-corrected chi connectivity index (χ2v) is 21.3. The number of hydrogen-bond acceptors (Lipinski definition) is 6. The van der Waals surface area contributed by atoms with Crippen molar-refractivity contribution in [3.63, 3.8) is 0 Å². The highest BCUT2D eigenvalue weighted by molar-refractivity contribution is 5.71. The molecule has 1 atom stereocenters. The quantitative estimate of drug-likeness (QED) is 0.0261. The molecular formula is C71H120O6. The molecule has 0 heterocycles. The van der Waals surface area contributed by atoms with Crippen molar-refractivity contribution < 1.29 is 28.6 Å². The van der Waals surface area contributed by atoms with Gasteiger partial charge in [-0.3, -0.25) is 14.4 Å². The Labute approximate surface area is 476 Å². The van der Waals surface area contributed by atoms with E-state index < -0.39 is 12.1 Å². The first kappa shape index (κ1) is 73.1. The fraction of sp³-hybridized carbons (Fsp3) is 0.704. The van der Waals surface area contributed by atoms with Crippen molar-refractivity contribution in [2.45, 2.75) is 309 Å². The van der Waals surface area contributed by atoms with Crippen LogP contribution in [0.25, 0.3) is 0 Å². The summed E-state index contributed by atoms with van der Waals surface area (Å²) in [6.45, 7) is 6.47. The van der Waals surface area contributed by atoms with Crippen molar-refractivity contribution in [2.75, 3.05) is 13.2 Å². The molecule has 0 amide bonds. The van der Waals surface area contributed by atoms with Crippen LogP contribution in [0.2, 0.25) is 0 Å². The summed E-state index contributed by atoms with van der Waals surface area (Å²) in [6, 6.07) is 0. The van der Waals surface area contributed by atoms with Gasteiger partial charge in [0.15, 0.2) is 6.10 Å². The van der Waals surface area contributed by atoms with E-state index in [1.54, 1.807) is 0 Å². The molecule has 0 radical (unpaired) electrons. The lowest BCUT2D eigenvalue weighted by molar-refractivity contribution is -0.166. The van der Waals surface area contributed by atoms with Gasteiger partial charge in [0.2, 0.25) is 0 Å². The van der Waals surface area contributed by atoms with E-state index in [4.69, 9.17) is 14.2 Å². The van der Waals surface area contributed by atoms with Crippen molar-refractivity contribution in [3.05, 3.63) is 109 Å². The third-order valence-electron chi connectivity index (χ3n) is 13.8. The van der Waals surface area contributed by atoms with E-state index in [1.807, 2.05) is 6.08 Å². The van der Waals surface area contributed by atoms with Crippen molar-refractivity contribution in [1.29, 1.82) is 0 Å². The van der Waals surface area contributed by atoms with Crippen molar-refractivity contribution >= 4 is 17.9 Å². The predicted octanol–water partition coefficient (Wildman–Crippen LogP) is 22.2. The smallest absolute Gasteiger partial charge is 0.306 e. The molecular weight excluding hydrogens is 949 g/mol. The molecule has 0 fully saturated rings. The van der Waals surface area contributed by atoms with Gasteiger partial charge in [0.25, 0.3) is 0 Å². The number of esters is 3. The van der Waals surface area contributed by atoms with Gasteiger partial charge >= 0.3 is 17.9 Å². The van der Waals surface area contributed by atoms with Crippen LogP contribution in [-0.2, 0) is 28.6 Å². The van der Waals surface area contributed by atoms with E-state index in [9.17, 15) is 14.4 Å². The molecule has 0 bridgehead atoms. The molecule has 0 aromatic rings. The molecule has 440 valence electrons. The number of ether oxygens (including phenoxy) is 3. The van der Waals surface area contributed by atoms with Crippen LogP contribution in [0.4, 0.5) is 0 Å². The molecule has 0 spiro atoms. The van der Waals surface area contributed by atoms with Crippen LogP contribution in [-0.4, -0.2) is 37.2 Å². The highest BCUT2D eigenvalue weighted by atomic mass is 16.6. The zero-order chi connectivity index (χ0) is 55.7. The van der Waals surface area contributed by atoms with Gasteiger partial charge in [-0.2, -0.15) is 0 Å². The first-order valence-corrected chi connectivity index (χ1v) is 32.4. The molecule has 6 nitrogen and oxygen atoms in total. The Morgan fingerprint density at radius 1 is 0.273 bits per heavy atom. The molecule has 0 aliphatic carbocycles. The maximum Gasteiger partial charge on any atom is 0.306 e. The van der Waals surface area contributed by atoms with Crippen LogP contribution in [0.3, 0.4) is 0 Å². The van der Waals surface area contributed by atoms with Crippen LogP contribution in [0.15, 0.2) is 109 Å². The Morgan fingerprint density at radius 3 is 0.844 bits per heavy atom. The Hall–Kier alpha value is -3.93. The molecule has 0 aliphatic rings. The molecule has 0 aromatic heterocycles. The van der Waals surface area contributed by atoms with E-state index in [0.29, 0.717) is 19.3 Å². The first-order valence-electron chi connectivity index (χ1n) is 32.4. The maximum absolute atomic E-state index is 12.9. The summed E-state index contributed by atoms with van der Waals surface area (Å²) < 4.78 is 16.9. The average molecular weight is 1070 g/mol. The second-order valence-electron chi connectivity index (χ2n) is 21.3. The standard InChI is InChI=1S/C71H120O6/c1-4-7-10-13-16-19-22-25-28-31-34-35-38-40-43-46-49-52-55-58-61-64-70(73)76-67-68(77-71(74)65-62-59-56-53-50-47-44-41-37-33-30-27-24-21-18-15-12-9-6-3)66-75-69(72)63-60-57-54-51-48-45-42-39-36-32-29-26-23-20-17-14-11-8-5-2/h9,12,18,21-22,25,27,30-31,34,37-38,40-41,47,50,56,59,68H,4-8,10-11,13-17,19-20,23-24,26,28-29,32-33,35-36,39,42-46,48-49,51-55,57-58,60-67H2,1-3H3/b12-9-,21-18-,25-22-,30-27-,34-31-,40-38-,41-37-,50-47-,59-56-. The fourth-order valence-corrected chi connectivity index (χ4v) is 8.95. The van der Waals surface area contributed by atoms with Gasteiger partial charge in [0.1, 0.15) is 13.2 Å². The largest absolute Gasteiger partial charge is 0.462 e. The summed E-state index contributed by atoms with van der Waals surface area (Å²) in [5.41, 5.74) is 0.